The highest BCUT2D eigenvalue weighted by molar-refractivity contribution is 8.00. The van der Waals surface area contributed by atoms with Crippen molar-refractivity contribution in [1.29, 1.82) is 0 Å². The number of carbonyl (C=O) groups excluding carboxylic acids is 2. The van der Waals surface area contributed by atoms with E-state index in [1.165, 1.54) is 0 Å². The van der Waals surface area contributed by atoms with E-state index in [0.717, 1.165) is 21.5 Å². The SMILES string of the molecule is O=C(O[C@H]1[C@@H](O)[C@@H](CO)O[C@@H](S[C@@H]2O[C@H](CO)[C@H](O)[C@H](OC(=O)c3ccc4ccccc4c3)[C@H]2O)[C@@H]1O)c1ccc2ccccc2c1. The van der Waals surface area contributed by atoms with Gasteiger partial charge in [-0.15, -0.1) is 0 Å². The molecule has 2 aliphatic heterocycles. The lowest BCUT2D eigenvalue weighted by atomic mass is 9.99. The topological polar surface area (TPSA) is 192 Å². The molecule has 4 aromatic rings. The highest BCUT2D eigenvalue weighted by atomic mass is 32.2. The Morgan fingerprint density at radius 3 is 1.34 bits per heavy atom. The number of fused-ring (bicyclic) bond motifs is 2. The quantitative estimate of drug-likeness (QED) is 0.148. The molecule has 2 fully saturated rings. The van der Waals surface area contributed by atoms with Crippen molar-refractivity contribution < 1.29 is 59.2 Å². The molecule has 47 heavy (non-hydrogen) atoms. The molecule has 0 aliphatic carbocycles. The summed E-state index contributed by atoms with van der Waals surface area (Å²) in [4.78, 5) is 26.2. The van der Waals surface area contributed by atoms with Gasteiger partial charge >= 0.3 is 11.9 Å². The van der Waals surface area contributed by atoms with Crippen molar-refractivity contribution in [3.05, 3.63) is 96.1 Å². The Kier molecular flexibility index (Phi) is 10.1. The van der Waals surface area contributed by atoms with Crippen LogP contribution < -0.4 is 0 Å². The van der Waals surface area contributed by atoms with E-state index in [9.17, 15) is 40.2 Å². The molecule has 6 N–H and O–H groups in total. The lowest BCUT2D eigenvalue weighted by Gasteiger charge is -2.45. The average molecular weight is 667 g/mol. The van der Waals surface area contributed by atoms with Gasteiger partial charge in [0.15, 0.2) is 12.2 Å². The number of carbonyl (C=O) groups is 2. The Morgan fingerprint density at radius 1 is 0.574 bits per heavy atom. The summed E-state index contributed by atoms with van der Waals surface area (Å²) in [5, 5.41) is 67.3. The molecule has 2 heterocycles. The van der Waals surface area contributed by atoms with Crippen LogP contribution in [0.2, 0.25) is 0 Å². The highest BCUT2D eigenvalue weighted by Crippen LogP contribution is 2.38. The highest BCUT2D eigenvalue weighted by Gasteiger charge is 2.52. The summed E-state index contributed by atoms with van der Waals surface area (Å²) in [5.41, 5.74) is -2.37. The van der Waals surface area contributed by atoms with Crippen LogP contribution in [0, 0.1) is 0 Å². The van der Waals surface area contributed by atoms with Crippen LogP contribution in [0.25, 0.3) is 21.5 Å². The first-order valence-corrected chi connectivity index (χ1v) is 15.9. The van der Waals surface area contributed by atoms with Crippen molar-refractivity contribution in [3.8, 4) is 0 Å². The monoisotopic (exact) mass is 666 g/mol. The summed E-state index contributed by atoms with van der Waals surface area (Å²) in [6, 6.07) is 24.5. The Bertz CT molecular complexity index is 1610. The average Bonchev–Trinajstić information content (AvgIpc) is 3.10. The molecule has 0 saturated carbocycles. The number of hydrogen-bond acceptors (Lipinski definition) is 13. The zero-order chi connectivity index (χ0) is 33.2. The Labute approximate surface area is 273 Å². The zero-order valence-electron chi connectivity index (χ0n) is 24.8. The van der Waals surface area contributed by atoms with E-state index >= 15 is 0 Å². The standard InChI is InChI=1S/C34H34O12S/c35-15-23-25(37)29(45-31(41)21-11-9-17-5-1-3-7-19(17)13-21)27(39)33(43-23)47-34-28(40)30(26(38)24(16-36)44-34)46-32(42)22-12-10-18-6-2-4-8-20(18)14-22/h1-14,23-30,33-40H,15-16H2/t23-,24-,25+,26+,27-,28-,29+,30+,33+,34+/m1/s1. The minimum Gasteiger partial charge on any atom is -0.453 e. The van der Waals surface area contributed by atoms with Crippen molar-refractivity contribution in [2.45, 2.75) is 59.7 Å². The Hall–Kier alpha value is -3.63. The number of esters is 2. The summed E-state index contributed by atoms with van der Waals surface area (Å²) in [6.45, 7) is -1.40. The van der Waals surface area contributed by atoms with Crippen LogP contribution in [-0.2, 0) is 18.9 Å². The maximum Gasteiger partial charge on any atom is 0.338 e. The molecule has 13 heteroatoms. The lowest BCUT2D eigenvalue weighted by molar-refractivity contribution is -0.215. The van der Waals surface area contributed by atoms with Crippen LogP contribution in [0.15, 0.2) is 84.9 Å². The number of thioether (sulfide) groups is 1. The van der Waals surface area contributed by atoms with E-state index in [2.05, 4.69) is 0 Å². The second-order valence-corrected chi connectivity index (χ2v) is 12.6. The molecule has 0 radical (unpaired) electrons. The van der Waals surface area contributed by atoms with Crippen molar-refractivity contribution in [2.75, 3.05) is 13.2 Å². The number of aliphatic hydroxyl groups excluding tert-OH is 6. The number of aliphatic hydroxyl groups is 6. The molecular formula is C34H34O12S. The smallest absolute Gasteiger partial charge is 0.338 e. The summed E-state index contributed by atoms with van der Waals surface area (Å²) in [5.74, 6) is -1.67. The predicted molar refractivity (Wildman–Crippen MR) is 169 cm³/mol. The Balaban J connectivity index is 1.18. The molecule has 4 aromatic carbocycles. The maximum atomic E-state index is 13.1. The van der Waals surface area contributed by atoms with E-state index < -0.39 is 84.9 Å². The van der Waals surface area contributed by atoms with Crippen molar-refractivity contribution in [2.24, 2.45) is 0 Å². The fourth-order valence-corrected chi connectivity index (χ4v) is 7.07. The van der Waals surface area contributed by atoms with E-state index in [0.29, 0.717) is 11.8 Å². The lowest BCUT2D eigenvalue weighted by Crippen LogP contribution is -2.62. The number of benzene rings is 4. The van der Waals surface area contributed by atoms with Crippen LogP contribution in [0.1, 0.15) is 20.7 Å². The van der Waals surface area contributed by atoms with Crippen LogP contribution in [0.5, 0.6) is 0 Å². The fraction of sp³-hybridized carbons (Fsp3) is 0.353. The largest absolute Gasteiger partial charge is 0.453 e. The van der Waals surface area contributed by atoms with Crippen LogP contribution in [0.3, 0.4) is 0 Å². The second kappa shape index (κ2) is 14.2. The fourth-order valence-electron chi connectivity index (χ4n) is 5.76. The molecule has 0 amide bonds. The normalized spacial score (nSPS) is 31.0. The van der Waals surface area contributed by atoms with E-state index in [1.54, 1.807) is 36.4 Å². The maximum absolute atomic E-state index is 13.1. The summed E-state index contributed by atoms with van der Waals surface area (Å²) in [6.07, 6.45) is -12.3. The summed E-state index contributed by atoms with van der Waals surface area (Å²) >= 11 is 0.686. The zero-order valence-corrected chi connectivity index (χ0v) is 25.6. The molecule has 0 spiro atoms. The molecule has 10 atom stereocenters. The second-order valence-electron chi connectivity index (χ2n) is 11.4. The summed E-state index contributed by atoms with van der Waals surface area (Å²) in [7, 11) is 0. The van der Waals surface area contributed by atoms with Gasteiger partial charge in [-0.25, -0.2) is 9.59 Å². The van der Waals surface area contributed by atoms with Crippen LogP contribution >= 0.6 is 11.8 Å². The summed E-state index contributed by atoms with van der Waals surface area (Å²) < 4.78 is 22.5. The van der Waals surface area contributed by atoms with Gasteiger partial charge < -0.3 is 49.6 Å². The van der Waals surface area contributed by atoms with Gasteiger partial charge in [0.25, 0.3) is 0 Å². The van der Waals surface area contributed by atoms with Gasteiger partial charge in [0, 0.05) is 0 Å². The minimum atomic E-state index is -1.68. The first-order valence-electron chi connectivity index (χ1n) is 15.0. The molecule has 6 rings (SSSR count). The van der Waals surface area contributed by atoms with E-state index in [4.69, 9.17) is 18.9 Å². The first-order chi connectivity index (χ1) is 22.7. The molecule has 2 aliphatic rings. The van der Waals surface area contributed by atoms with Crippen molar-refractivity contribution in [3.63, 3.8) is 0 Å². The molecule has 0 unspecified atom stereocenters. The van der Waals surface area contributed by atoms with Crippen LogP contribution in [-0.4, -0.2) is 115 Å². The van der Waals surface area contributed by atoms with Gasteiger partial charge in [-0.3, -0.25) is 0 Å². The number of ether oxygens (including phenoxy) is 4. The first kappa shape index (κ1) is 33.3. The van der Waals surface area contributed by atoms with Crippen molar-refractivity contribution >= 4 is 45.2 Å². The van der Waals surface area contributed by atoms with Gasteiger partial charge in [0.2, 0.25) is 0 Å². The predicted octanol–water partition coefficient (Wildman–Crippen LogP) is 1.36. The third kappa shape index (κ3) is 6.85. The van der Waals surface area contributed by atoms with Gasteiger partial charge in [-0.05, 0) is 45.8 Å². The molecular weight excluding hydrogens is 632 g/mol. The van der Waals surface area contributed by atoms with E-state index in [1.807, 2.05) is 48.5 Å². The van der Waals surface area contributed by atoms with Gasteiger partial charge in [-0.1, -0.05) is 72.4 Å². The van der Waals surface area contributed by atoms with Crippen molar-refractivity contribution in [1.82, 2.24) is 0 Å². The van der Waals surface area contributed by atoms with Gasteiger partial charge in [0.05, 0.1) is 24.3 Å². The molecule has 2 saturated heterocycles. The third-order valence-electron chi connectivity index (χ3n) is 8.37. The molecule has 248 valence electrons. The number of rotatable bonds is 8. The Morgan fingerprint density at radius 2 is 0.957 bits per heavy atom. The van der Waals surface area contributed by atoms with Gasteiger partial charge in [-0.2, -0.15) is 0 Å². The minimum absolute atomic E-state index is 0.168. The molecule has 0 aromatic heterocycles. The molecule has 0 bridgehead atoms. The molecule has 12 nitrogen and oxygen atoms in total. The van der Waals surface area contributed by atoms with Crippen LogP contribution in [0.4, 0.5) is 0 Å². The third-order valence-corrected chi connectivity index (χ3v) is 9.68. The number of hydrogen-bond donors (Lipinski definition) is 6. The van der Waals surface area contributed by atoms with E-state index in [-0.39, 0.29) is 11.1 Å². The van der Waals surface area contributed by atoms with Gasteiger partial charge in [0.1, 0.15) is 47.5 Å².